The molecule has 3 rings (SSSR count). The van der Waals surface area contributed by atoms with Gasteiger partial charge in [-0.1, -0.05) is 29.3 Å². The van der Waals surface area contributed by atoms with Gasteiger partial charge in [0, 0.05) is 19.4 Å². The lowest BCUT2D eigenvalue weighted by molar-refractivity contribution is -0.140. The van der Waals surface area contributed by atoms with Crippen molar-refractivity contribution in [1.29, 1.82) is 0 Å². The number of halogens is 2. The smallest absolute Gasteiger partial charge is 0.305 e. The minimum Gasteiger partial charge on any atom is -0.495 e. The van der Waals surface area contributed by atoms with E-state index >= 15 is 0 Å². The Morgan fingerprint density at radius 2 is 2.04 bits per heavy atom. The highest BCUT2D eigenvalue weighted by Gasteiger charge is 2.12. The number of aromatic nitrogens is 2. The summed E-state index contributed by atoms with van der Waals surface area (Å²) in [5.41, 5.74) is 0.992. The first-order chi connectivity index (χ1) is 13.5. The summed E-state index contributed by atoms with van der Waals surface area (Å²) in [4.78, 5) is 21.3. The number of carbonyl (C=O) groups is 1. The topological polar surface area (TPSA) is 73.3 Å². The van der Waals surface area contributed by atoms with E-state index in [1.54, 1.807) is 7.11 Å². The van der Waals surface area contributed by atoms with E-state index in [0.717, 1.165) is 15.8 Å². The van der Waals surface area contributed by atoms with Crippen molar-refractivity contribution in [1.82, 2.24) is 9.97 Å². The van der Waals surface area contributed by atoms with E-state index in [2.05, 4.69) is 20.0 Å². The molecular weight excluding hydrogens is 421 g/mol. The summed E-state index contributed by atoms with van der Waals surface area (Å²) in [6.45, 7) is 0.533. The number of thiophene rings is 1. The van der Waals surface area contributed by atoms with Crippen LogP contribution in [0.15, 0.2) is 24.3 Å². The van der Waals surface area contributed by atoms with Gasteiger partial charge in [0.1, 0.15) is 22.2 Å². The Bertz CT molecular complexity index is 994. The van der Waals surface area contributed by atoms with Gasteiger partial charge >= 0.3 is 5.97 Å². The van der Waals surface area contributed by atoms with Crippen LogP contribution >= 0.6 is 34.5 Å². The number of nitrogens with one attached hydrogen (secondary N) is 1. The average molecular weight is 440 g/mol. The number of hydrogen-bond donors (Lipinski definition) is 1. The zero-order chi connectivity index (χ0) is 20.1. The van der Waals surface area contributed by atoms with Gasteiger partial charge in [-0.2, -0.15) is 0 Å². The largest absolute Gasteiger partial charge is 0.495 e. The molecule has 0 unspecified atom stereocenters. The van der Waals surface area contributed by atoms with E-state index in [1.165, 1.54) is 18.4 Å². The molecule has 0 saturated carbocycles. The Kier molecular flexibility index (Phi) is 6.93. The minimum atomic E-state index is -0.241. The number of rotatable bonds is 8. The summed E-state index contributed by atoms with van der Waals surface area (Å²) in [7, 11) is 2.96. The molecule has 0 spiro atoms. The van der Waals surface area contributed by atoms with Crippen molar-refractivity contribution in [2.24, 2.45) is 0 Å². The van der Waals surface area contributed by atoms with Crippen LogP contribution in [0.3, 0.4) is 0 Å². The zero-order valence-corrected chi connectivity index (χ0v) is 17.7. The number of aryl methyl sites for hydroxylation is 1. The van der Waals surface area contributed by atoms with Crippen LogP contribution in [-0.2, 0) is 22.5 Å². The van der Waals surface area contributed by atoms with Gasteiger partial charge in [0.2, 0.25) is 0 Å². The number of ether oxygens (including phenoxy) is 2. The lowest BCUT2D eigenvalue weighted by atomic mass is 10.2. The summed E-state index contributed by atoms with van der Waals surface area (Å²) in [6, 6.07) is 7.47. The van der Waals surface area contributed by atoms with Crippen LogP contribution in [0.4, 0.5) is 5.82 Å². The van der Waals surface area contributed by atoms with Crippen molar-refractivity contribution >= 4 is 56.5 Å². The highest BCUT2D eigenvalue weighted by Crippen LogP contribution is 2.33. The molecule has 3 aromatic rings. The molecule has 0 atom stereocenters. The SMILES string of the molecule is COC(=O)CCCc1nc(NCc2ccc(OC)c(Cl)c2)c2cc(Cl)sc2n1. The molecule has 0 aliphatic rings. The summed E-state index contributed by atoms with van der Waals surface area (Å²) >= 11 is 13.8. The van der Waals surface area contributed by atoms with Crippen LogP contribution in [0.25, 0.3) is 10.2 Å². The zero-order valence-electron chi connectivity index (χ0n) is 15.4. The maximum atomic E-state index is 11.3. The van der Waals surface area contributed by atoms with Gasteiger partial charge in [0.25, 0.3) is 0 Å². The Morgan fingerprint density at radius 1 is 1.21 bits per heavy atom. The second-order valence-electron chi connectivity index (χ2n) is 6.01. The van der Waals surface area contributed by atoms with Crippen molar-refractivity contribution in [3.63, 3.8) is 0 Å². The molecule has 1 aromatic carbocycles. The number of fused-ring (bicyclic) bond motifs is 1. The molecule has 0 radical (unpaired) electrons. The molecule has 2 aromatic heterocycles. The van der Waals surface area contributed by atoms with E-state index < -0.39 is 0 Å². The van der Waals surface area contributed by atoms with Crippen LogP contribution in [0, 0.1) is 0 Å². The van der Waals surface area contributed by atoms with E-state index in [9.17, 15) is 4.79 Å². The van der Waals surface area contributed by atoms with E-state index in [0.29, 0.717) is 52.6 Å². The molecule has 0 aliphatic carbocycles. The third-order valence-electron chi connectivity index (χ3n) is 4.09. The number of methoxy groups -OCH3 is 2. The van der Waals surface area contributed by atoms with Gasteiger partial charge in [-0.25, -0.2) is 9.97 Å². The first kappa shape index (κ1) is 20.6. The van der Waals surface area contributed by atoms with Crippen LogP contribution in [0.5, 0.6) is 5.75 Å². The van der Waals surface area contributed by atoms with Crippen molar-refractivity contribution in [3.8, 4) is 5.75 Å². The van der Waals surface area contributed by atoms with Crippen molar-refractivity contribution < 1.29 is 14.3 Å². The van der Waals surface area contributed by atoms with Crippen LogP contribution in [-0.4, -0.2) is 30.2 Å². The maximum Gasteiger partial charge on any atom is 0.305 e. The van der Waals surface area contributed by atoms with Crippen LogP contribution in [0.2, 0.25) is 9.36 Å². The molecule has 9 heteroatoms. The predicted molar refractivity (Wildman–Crippen MR) is 113 cm³/mol. The standard InChI is InChI=1S/C19H19Cl2N3O3S/c1-26-14-7-6-11(8-13(14)20)10-22-18-12-9-15(21)28-19(12)24-16(23-18)4-3-5-17(25)27-2/h6-9H,3-5,10H2,1-2H3,(H,22,23,24). The first-order valence-electron chi connectivity index (χ1n) is 8.59. The number of esters is 1. The maximum absolute atomic E-state index is 11.3. The van der Waals surface area contributed by atoms with Gasteiger partial charge in [-0.15, -0.1) is 11.3 Å². The van der Waals surface area contributed by atoms with Gasteiger partial charge in [-0.05, 0) is 30.2 Å². The number of hydrogen-bond acceptors (Lipinski definition) is 7. The lowest BCUT2D eigenvalue weighted by Gasteiger charge is -2.10. The summed E-state index contributed by atoms with van der Waals surface area (Å²) in [5, 5.41) is 4.76. The second-order valence-corrected chi connectivity index (χ2v) is 8.08. The van der Waals surface area contributed by atoms with E-state index in [4.69, 9.17) is 27.9 Å². The number of anilines is 1. The molecule has 0 fully saturated rings. The Balaban J connectivity index is 1.78. The number of benzene rings is 1. The quantitative estimate of drug-likeness (QED) is 0.491. The number of carbonyl (C=O) groups excluding carboxylic acids is 1. The Morgan fingerprint density at radius 3 is 2.75 bits per heavy atom. The van der Waals surface area contributed by atoms with Gasteiger partial charge in [0.05, 0.1) is 29.0 Å². The lowest BCUT2D eigenvalue weighted by Crippen LogP contribution is -2.06. The molecule has 6 nitrogen and oxygen atoms in total. The Labute approximate surface area is 176 Å². The van der Waals surface area contributed by atoms with Crippen LogP contribution < -0.4 is 10.1 Å². The molecule has 0 bridgehead atoms. The minimum absolute atomic E-state index is 0.241. The average Bonchev–Trinajstić information content (AvgIpc) is 3.06. The van der Waals surface area contributed by atoms with Crippen molar-refractivity contribution in [2.45, 2.75) is 25.8 Å². The fourth-order valence-electron chi connectivity index (χ4n) is 2.68. The molecule has 0 aliphatic heterocycles. The molecule has 2 heterocycles. The highest BCUT2D eigenvalue weighted by molar-refractivity contribution is 7.22. The normalized spacial score (nSPS) is 10.9. The first-order valence-corrected chi connectivity index (χ1v) is 10.2. The molecule has 1 N–H and O–H groups in total. The fourth-order valence-corrected chi connectivity index (χ4v) is 4.07. The van der Waals surface area contributed by atoms with Gasteiger partial charge in [0.15, 0.2) is 0 Å². The van der Waals surface area contributed by atoms with Gasteiger partial charge < -0.3 is 14.8 Å². The fraction of sp³-hybridized carbons (Fsp3) is 0.316. The molecule has 28 heavy (non-hydrogen) atoms. The predicted octanol–water partition coefficient (Wildman–Crippen LogP) is 5.11. The third-order valence-corrected chi connectivity index (χ3v) is 5.55. The number of nitrogens with zero attached hydrogens (tertiary/aromatic N) is 2. The van der Waals surface area contributed by atoms with E-state index in [1.807, 2.05) is 24.3 Å². The molecule has 0 saturated heterocycles. The summed E-state index contributed by atoms with van der Waals surface area (Å²) < 4.78 is 10.5. The van der Waals surface area contributed by atoms with Crippen molar-refractivity contribution in [3.05, 3.63) is 45.0 Å². The van der Waals surface area contributed by atoms with E-state index in [-0.39, 0.29) is 5.97 Å². The molecular formula is C19H19Cl2N3O3S. The second kappa shape index (κ2) is 9.41. The van der Waals surface area contributed by atoms with Crippen LogP contribution in [0.1, 0.15) is 24.2 Å². The molecule has 148 valence electrons. The highest BCUT2D eigenvalue weighted by atomic mass is 35.5. The Hall–Kier alpha value is -2.09. The summed E-state index contributed by atoms with van der Waals surface area (Å²) in [5.74, 6) is 1.75. The third kappa shape index (κ3) is 5.04. The molecule has 0 amide bonds. The monoisotopic (exact) mass is 439 g/mol. The van der Waals surface area contributed by atoms with Gasteiger partial charge in [-0.3, -0.25) is 4.79 Å². The van der Waals surface area contributed by atoms with Crippen molar-refractivity contribution in [2.75, 3.05) is 19.5 Å². The summed E-state index contributed by atoms with van der Waals surface area (Å²) in [6.07, 6.45) is 1.52.